The SMILES string of the molecule is CCSC1CCC(NCC(O)COc2ccccc2Cl)C1. The van der Waals surface area contributed by atoms with Crippen molar-refractivity contribution < 1.29 is 9.84 Å². The molecule has 2 rings (SSSR count). The van der Waals surface area contributed by atoms with Crippen molar-refractivity contribution >= 4 is 23.4 Å². The summed E-state index contributed by atoms with van der Waals surface area (Å²) in [5.74, 6) is 1.81. The van der Waals surface area contributed by atoms with Crippen LogP contribution in [0, 0.1) is 0 Å². The third-order valence-electron chi connectivity index (χ3n) is 3.70. The van der Waals surface area contributed by atoms with Crippen molar-refractivity contribution in [1.29, 1.82) is 0 Å². The molecule has 1 aliphatic rings. The highest BCUT2D eigenvalue weighted by Gasteiger charge is 2.24. The van der Waals surface area contributed by atoms with Gasteiger partial charge in [0.15, 0.2) is 0 Å². The third kappa shape index (κ3) is 5.70. The highest BCUT2D eigenvalue weighted by atomic mass is 35.5. The van der Waals surface area contributed by atoms with Gasteiger partial charge in [0, 0.05) is 17.8 Å². The average molecular weight is 330 g/mol. The predicted octanol–water partition coefficient (Wildman–Crippen LogP) is 3.34. The lowest BCUT2D eigenvalue weighted by Gasteiger charge is -2.17. The minimum absolute atomic E-state index is 0.261. The molecule has 3 nitrogen and oxygen atoms in total. The van der Waals surface area contributed by atoms with Crippen molar-refractivity contribution in [3.05, 3.63) is 29.3 Å². The number of rotatable bonds is 8. The minimum atomic E-state index is -0.515. The molecule has 0 amide bonds. The van der Waals surface area contributed by atoms with Crippen LogP contribution >= 0.6 is 23.4 Å². The minimum Gasteiger partial charge on any atom is -0.489 e. The fourth-order valence-electron chi connectivity index (χ4n) is 2.62. The molecule has 0 radical (unpaired) electrons. The molecule has 1 aliphatic carbocycles. The van der Waals surface area contributed by atoms with Gasteiger partial charge in [-0.3, -0.25) is 0 Å². The van der Waals surface area contributed by atoms with Crippen LogP contribution in [0.4, 0.5) is 0 Å². The van der Waals surface area contributed by atoms with Crippen LogP contribution in [0.25, 0.3) is 0 Å². The number of halogens is 1. The predicted molar refractivity (Wildman–Crippen MR) is 90.5 cm³/mol. The summed E-state index contributed by atoms with van der Waals surface area (Å²) in [6, 6.07) is 7.86. The summed E-state index contributed by atoms with van der Waals surface area (Å²) in [5.41, 5.74) is 0. The van der Waals surface area contributed by atoms with Gasteiger partial charge in [0.25, 0.3) is 0 Å². The van der Waals surface area contributed by atoms with Crippen molar-refractivity contribution in [2.24, 2.45) is 0 Å². The molecule has 3 unspecified atom stereocenters. The topological polar surface area (TPSA) is 41.5 Å². The molecule has 1 aromatic rings. The van der Waals surface area contributed by atoms with Gasteiger partial charge >= 0.3 is 0 Å². The second kappa shape index (κ2) is 8.89. The zero-order valence-corrected chi connectivity index (χ0v) is 14.0. The number of hydrogen-bond donors (Lipinski definition) is 2. The Hall–Kier alpha value is -0.420. The van der Waals surface area contributed by atoms with Crippen LogP contribution in [0.1, 0.15) is 26.2 Å². The fourth-order valence-corrected chi connectivity index (χ4v) is 3.95. The van der Waals surface area contributed by atoms with Crippen molar-refractivity contribution in [3.63, 3.8) is 0 Å². The Kier molecular flexibility index (Phi) is 7.17. The highest BCUT2D eigenvalue weighted by Crippen LogP contribution is 2.29. The molecule has 118 valence electrons. The Morgan fingerprint density at radius 2 is 2.24 bits per heavy atom. The monoisotopic (exact) mass is 329 g/mol. The van der Waals surface area contributed by atoms with E-state index in [-0.39, 0.29) is 6.61 Å². The zero-order valence-electron chi connectivity index (χ0n) is 12.4. The van der Waals surface area contributed by atoms with Crippen LogP contribution in [0.3, 0.4) is 0 Å². The number of nitrogens with one attached hydrogen (secondary N) is 1. The summed E-state index contributed by atoms with van der Waals surface area (Å²) in [5, 5.41) is 14.8. The average Bonchev–Trinajstić information content (AvgIpc) is 2.92. The van der Waals surface area contributed by atoms with E-state index in [9.17, 15) is 5.11 Å². The largest absolute Gasteiger partial charge is 0.489 e. The number of aliphatic hydroxyl groups is 1. The van der Waals surface area contributed by atoms with Crippen LogP contribution in [-0.4, -0.2) is 41.4 Å². The van der Waals surface area contributed by atoms with Crippen molar-refractivity contribution in [3.8, 4) is 5.75 Å². The molecule has 2 N–H and O–H groups in total. The molecule has 1 saturated carbocycles. The Morgan fingerprint density at radius 3 is 3.00 bits per heavy atom. The molecule has 0 saturated heterocycles. The molecule has 0 aromatic heterocycles. The van der Waals surface area contributed by atoms with Gasteiger partial charge in [-0.25, -0.2) is 0 Å². The Labute approximate surface area is 136 Å². The summed E-state index contributed by atoms with van der Waals surface area (Å²) < 4.78 is 5.55. The molecule has 0 aliphatic heterocycles. The number of ether oxygens (including phenoxy) is 1. The van der Waals surface area contributed by atoms with Gasteiger partial charge in [0.05, 0.1) is 5.02 Å². The highest BCUT2D eigenvalue weighted by molar-refractivity contribution is 7.99. The normalized spacial score (nSPS) is 23.2. The van der Waals surface area contributed by atoms with Crippen LogP contribution < -0.4 is 10.1 Å². The van der Waals surface area contributed by atoms with Gasteiger partial charge in [-0.2, -0.15) is 11.8 Å². The van der Waals surface area contributed by atoms with Gasteiger partial charge in [-0.1, -0.05) is 30.7 Å². The van der Waals surface area contributed by atoms with Crippen LogP contribution in [0.5, 0.6) is 5.75 Å². The van der Waals surface area contributed by atoms with Gasteiger partial charge < -0.3 is 15.2 Å². The van der Waals surface area contributed by atoms with E-state index in [0.29, 0.717) is 23.4 Å². The molecule has 21 heavy (non-hydrogen) atoms. The molecule has 1 aromatic carbocycles. The van der Waals surface area contributed by atoms with Crippen LogP contribution in [0.2, 0.25) is 5.02 Å². The van der Waals surface area contributed by atoms with Gasteiger partial charge in [0.1, 0.15) is 18.5 Å². The quantitative estimate of drug-likeness (QED) is 0.767. The second-order valence-corrected chi connectivity index (χ2v) is 7.38. The zero-order chi connectivity index (χ0) is 15.1. The van der Waals surface area contributed by atoms with Gasteiger partial charge in [0.2, 0.25) is 0 Å². The van der Waals surface area contributed by atoms with E-state index in [1.807, 2.05) is 30.0 Å². The Bertz CT molecular complexity index is 432. The number of para-hydroxylation sites is 1. The van der Waals surface area contributed by atoms with E-state index in [4.69, 9.17) is 16.3 Å². The Morgan fingerprint density at radius 1 is 1.43 bits per heavy atom. The summed E-state index contributed by atoms with van der Waals surface area (Å²) in [4.78, 5) is 0. The summed E-state index contributed by atoms with van der Waals surface area (Å²) in [7, 11) is 0. The van der Waals surface area contributed by atoms with Crippen LogP contribution in [-0.2, 0) is 0 Å². The van der Waals surface area contributed by atoms with Crippen molar-refractivity contribution in [2.75, 3.05) is 18.9 Å². The number of thioether (sulfide) groups is 1. The smallest absolute Gasteiger partial charge is 0.138 e. The number of aliphatic hydroxyl groups excluding tert-OH is 1. The molecular formula is C16H24ClNO2S. The molecule has 0 heterocycles. The lowest BCUT2D eigenvalue weighted by atomic mass is 10.2. The maximum absolute atomic E-state index is 10.00. The molecule has 0 spiro atoms. The first-order valence-corrected chi connectivity index (χ1v) is 9.02. The number of benzene rings is 1. The summed E-state index contributed by atoms with van der Waals surface area (Å²) in [6.45, 7) is 3.04. The van der Waals surface area contributed by atoms with Crippen LogP contribution in [0.15, 0.2) is 24.3 Å². The lowest BCUT2D eigenvalue weighted by Crippen LogP contribution is -2.37. The van der Waals surface area contributed by atoms with E-state index in [2.05, 4.69) is 12.2 Å². The van der Waals surface area contributed by atoms with Crippen molar-refractivity contribution in [1.82, 2.24) is 5.32 Å². The first-order valence-electron chi connectivity index (χ1n) is 7.59. The Balaban J connectivity index is 1.64. The van der Waals surface area contributed by atoms with Gasteiger partial charge in [-0.05, 0) is 37.1 Å². The molecular weight excluding hydrogens is 306 g/mol. The third-order valence-corrected chi connectivity index (χ3v) is 5.24. The first-order chi connectivity index (χ1) is 10.2. The number of hydrogen-bond acceptors (Lipinski definition) is 4. The van der Waals surface area contributed by atoms with E-state index in [1.54, 1.807) is 6.07 Å². The first kappa shape index (κ1) is 16.9. The summed E-state index contributed by atoms with van der Waals surface area (Å²) in [6.07, 6.45) is 3.17. The molecule has 5 heteroatoms. The van der Waals surface area contributed by atoms with Gasteiger partial charge in [-0.15, -0.1) is 0 Å². The standard InChI is InChI=1S/C16H24ClNO2S/c1-2-21-14-8-7-12(9-14)18-10-13(19)11-20-16-6-4-3-5-15(16)17/h3-6,12-14,18-19H,2,7-11H2,1H3. The maximum Gasteiger partial charge on any atom is 0.138 e. The maximum atomic E-state index is 10.00. The summed E-state index contributed by atoms with van der Waals surface area (Å²) >= 11 is 8.05. The molecule has 0 bridgehead atoms. The van der Waals surface area contributed by atoms with E-state index < -0.39 is 6.10 Å². The second-order valence-electron chi connectivity index (χ2n) is 5.39. The van der Waals surface area contributed by atoms with E-state index in [1.165, 1.54) is 25.0 Å². The molecule has 1 fully saturated rings. The van der Waals surface area contributed by atoms with Crippen molar-refractivity contribution in [2.45, 2.75) is 43.6 Å². The van der Waals surface area contributed by atoms with E-state index in [0.717, 1.165) is 5.25 Å². The molecule has 3 atom stereocenters. The fraction of sp³-hybridized carbons (Fsp3) is 0.625. The lowest BCUT2D eigenvalue weighted by molar-refractivity contribution is 0.104. The van der Waals surface area contributed by atoms with E-state index >= 15 is 0 Å².